The van der Waals surface area contributed by atoms with E-state index < -0.39 is 6.04 Å². The van der Waals surface area contributed by atoms with Crippen LogP contribution < -0.4 is 15.8 Å². The zero-order chi connectivity index (χ0) is 13.4. The number of hydrogen-bond acceptors (Lipinski definition) is 3. The highest BCUT2D eigenvalue weighted by Crippen LogP contribution is 2.11. The lowest BCUT2D eigenvalue weighted by Gasteiger charge is -2.11. The van der Waals surface area contributed by atoms with E-state index in [4.69, 9.17) is 10.5 Å². The predicted octanol–water partition coefficient (Wildman–Crippen LogP) is 1.45. The van der Waals surface area contributed by atoms with Gasteiger partial charge in [0.1, 0.15) is 18.2 Å². The molecule has 0 aliphatic heterocycles. The van der Waals surface area contributed by atoms with E-state index >= 15 is 0 Å². The minimum Gasteiger partial charge on any atom is -0.492 e. The van der Waals surface area contributed by atoms with Crippen molar-refractivity contribution in [3.05, 3.63) is 30.1 Å². The highest BCUT2D eigenvalue weighted by molar-refractivity contribution is 5.81. The molecule has 0 saturated carbocycles. The molecule has 0 heterocycles. The maximum atomic E-state index is 12.8. The van der Waals surface area contributed by atoms with E-state index in [0.717, 1.165) is 6.42 Å². The molecule has 1 aromatic rings. The van der Waals surface area contributed by atoms with E-state index in [1.165, 1.54) is 12.1 Å². The highest BCUT2D eigenvalue weighted by atomic mass is 19.1. The molecule has 0 bridgehead atoms. The summed E-state index contributed by atoms with van der Waals surface area (Å²) in [5, 5.41) is 2.67. The Kier molecular flexibility index (Phi) is 6.14. The van der Waals surface area contributed by atoms with Crippen molar-refractivity contribution in [1.82, 2.24) is 5.32 Å². The molecule has 1 rings (SSSR count). The first-order chi connectivity index (χ1) is 8.63. The third kappa shape index (κ3) is 5.14. The van der Waals surface area contributed by atoms with Crippen molar-refractivity contribution in [2.45, 2.75) is 25.8 Å². The van der Waals surface area contributed by atoms with Crippen molar-refractivity contribution in [1.29, 1.82) is 0 Å². The molecule has 1 atom stereocenters. The van der Waals surface area contributed by atoms with Crippen molar-refractivity contribution >= 4 is 5.91 Å². The van der Waals surface area contributed by atoms with Gasteiger partial charge in [-0.15, -0.1) is 0 Å². The van der Waals surface area contributed by atoms with Crippen LogP contribution in [0.5, 0.6) is 5.75 Å². The second kappa shape index (κ2) is 7.66. The smallest absolute Gasteiger partial charge is 0.237 e. The predicted molar refractivity (Wildman–Crippen MR) is 67.8 cm³/mol. The molecule has 1 aromatic carbocycles. The normalized spacial score (nSPS) is 11.9. The first kappa shape index (κ1) is 14.4. The third-order valence-electron chi connectivity index (χ3n) is 2.40. The largest absolute Gasteiger partial charge is 0.492 e. The van der Waals surface area contributed by atoms with Gasteiger partial charge in [-0.05, 0) is 18.6 Å². The molecule has 0 fully saturated rings. The number of hydrogen-bond donors (Lipinski definition) is 2. The minimum absolute atomic E-state index is 0.181. The Hall–Kier alpha value is -1.62. The standard InChI is InChI=1S/C13H19FN2O2/c1-2-4-12(15)13(17)16-7-8-18-11-6-3-5-10(14)9-11/h3,5-6,9,12H,2,4,7-8,15H2,1H3,(H,16,17). The summed E-state index contributed by atoms with van der Waals surface area (Å²) in [5.74, 6) is -0.0803. The molecule has 5 heteroatoms. The average Bonchev–Trinajstić information content (AvgIpc) is 2.35. The summed E-state index contributed by atoms with van der Waals surface area (Å²) < 4.78 is 18.1. The van der Waals surface area contributed by atoms with Crippen LogP contribution in [0.25, 0.3) is 0 Å². The SMILES string of the molecule is CCCC(N)C(=O)NCCOc1cccc(F)c1. The van der Waals surface area contributed by atoms with Crippen molar-refractivity contribution in [3.63, 3.8) is 0 Å². The van der Waals surface area contributed by atoms with Gasteiger partial charge in [0.2, 0.25) is 5.91 Å². The highest BCUT2D eigenvalue weighted by Gasteiger charge is 2.10. The molecule has 18 heavy (non-hydrogen) atoms. The lowest BCUT2D eigenvalue weighted by molar-refractivity contribution is -0.122. The Balaban J connectivity index is 2.21. The molecule has 0 radical (unpaired) electrons. The minimum atomic E-state index is -0.468. The molecule has 100 valence electrons. The van der Waals surface area contributed by atoms with E-state index in [0.29, 0.717) is 18.7 Å². The molecule has 1 amide bonds. The number of carbonyl (C=O) groups excluding carboxylic acids is 1. The van der Waals surface area contributed by atoms with Crippen LogP contribution in [0, 0.1) is 5.82 Å². The van der Waals surface area contributed by atoms with Gasteiger partial charge in [0.05, 0.1) is 12.6 Å². The number of ether oxygens (including phenoxy) is 1. The first-order valence-electron chi connectivity index (χ1n) is 6.05. The van der Waals surface area contributed by atoms with E-state index in [1.54, 1.807) is 12.1 Å². The lowest BCUT2D eigenvalue weighted by Crippen LogP contribution is -2.41. The van der Waals surface area contributed by atoms with Crippen LogP contribution in [0.4, 0.5) is 4.39 Å². The van der Waals surface area contributed by atoms with Crippen LogP contribution in [0.15, 0.2) is 24.3 Å². The molecule has 1 unspecified atom stereocenters. The quantitative estimate of drug-likeness (QED) is 0.724. The summed E-state index contributed by atoms with van der Waals surface area (Å²) in [7, 11) is 0. The first-order valence-corrected chi connectivity index (χ1v) is 6.05. The fourth-order valence-electron chi connectivity index (χ4n) is 1.47. The van der Waals surface area contributed by atoms with Gasteiger partial charge in [0.25, 0.3) is 0 Å². The van der Waals surface area contributed by atoms with Gasteiger partial charge in [0, 0.05) is 6.07 Å². The van der Waals surface area contributed by atoms with E-state index in [9.17, 15) is 9.18 Å². The van der Waals surface area contributed by atoms with Crippen LogP contribution in [0.2, 0.25) is 0 Å². The number of benzene rings is 1. The van der Waals surface area contributed by atoms with Gasteiger partial charge in [-0.1, -0.05) is 19.4 Å². The maximum Gasteiger partial charge on any atom is 0.237 e. The summed E-state index contributed by atoms with van der Waals surface area (Å²) >= 11 is 0. The number of halogens is 1. The summed E-state index contributed by atoms with van der Waals surface area (Å²) in [6.45, 7) is 2.61. The second-order valence-corrected chi connectivity index (χ2v) is 3.99. The molecule has 3 N–H and O–H groups in total. The summed E-state index contributed by atoms with van der Waals surface area (Å²) in [4.78, 5) is 11.4. The molecule has 0 saturated heterocycles. The summed E-state index contributed by atoms with van der Waals surface area (Å²) in [5.41, 5.74) is 5.64. The number of rotatable bonds is 7. The summed E-state index contributed by atoms with van der Waals surface area (Å²) in [6, 6.07) is 5.40. The van der Waals surface area contributed by atoms with Gasteiger partial charge < -0.3 is 15.8 Å². The van der Waals surface area contributed by atoms with Crippen LogP contribution in [0.1, 0.15) is 19.8 Å². The monoisotopic (exact) mass is 254 g/mol. The molecule has 0 aliphatic rings. The topological polar surface area (TPSA) is 64.4 Å². The van der Waals surface area contributed by atoms with Crippen molar-refractivity contribution in [3.8, 4) is 5.75 Å². The Bertz CT molecular complexity index is 385. The van der Waals surface area contributed by atoms with Crippen LogP contribution in [-0.4, -0.2) is 25.1 Å². The number of nitrogens with one attached hydrogen (secondary N) is 1. The fraction of sp³-hybridized carbons (Fsp3) is 0.462. The van der Waals surface area contributed by atoms with Gasteiger partial charge in [-0.25, -0.2) is 4.39 Å². The zero-order valence-electron chi connectivity index (χ0n) is 10.5. The Morgan fingerprint density at radius 3 is 3.00 bits per heavy atom. The molecular formula is C13H19FN2O2. The fourth-order valence-corrected chi connectivity index (χ4v) is 1.47. The number of nitrogens with two attached hydrogens (primary N) is 1. The van der Waals surface area contributed by atoms with E-state index in [-0.39, 0.29) is 18.3 Å². The van der Waals surface area contributed by atoms with Crippen molar-refractivity contribution in [2.24, 2.45) is 5.73 Å². The van der Waals surface area contributed by atoms with Crippen LogP contribution in [-0.2, 0) is 4.79 Å². The van der Waals surface area contributed by atoms with E-state index in [2.05, 4.69) is 5.32 Å². The van der Waals surface area contributed by atoms with Crippen LogP contribution in [0.3, 0.4) is 0 Å². The Morgan fingerprint density at radius 1 is 1.56 bits per heavy atom. The van der Waals surface area contributed by atoms with Crippen molar-refractivity contribution < 1.29 is 13.9 Å². The molecular weight excluding hydrogens is 235 g/mol. The Morgan fingerprint density at radius 2 is 2.33 bits per heavy atom. The maximum absolute atomic E-state index is 12.8. The third-order valence-corrected chi connectivity index (χ3v) is 2.40. The number of amides is 1. The molecule has 4 nitrogen and oxygen atoms in total. The summed E-state index contributed by atoms with van der Waals surface area (Å²) in [6.07, 6.45) is 1.53. The Labute approximate surface area is 106 Å². The zero-order valence-corrected chi connectivity index (χ0v) is 10.5. The molecule has 0 aromatic heterocycles. The van der Waals surface area contributed by atoms with Gasteiger partial charge >= 0.3 is 0 Å². The molecule has 0 aliphatic carbocycles. The van der Waals surface area contributed by atoms with Gasteiger partial charge in [-0.3, -0.25) is 4.79 Å². The van der Waals surface area contributed by atoms with Crippen LogP contribution >= 0.6 is 0 Å². The van der Waals surface area contributed by atoms with Gasteiger partial charge in [0.15, 0.2) is 0 Å². The lowest BCUT2D eigenvalue weighted by atomic mass is 10.2. The van der Waals surface area contributed by atoms with Gasteiger partial charge in [-0.2, -0.15) is 0 Å². The average molecular weight is 254 g/mol. The number of carbonyl (C=O) groups is 1. The van der Waals surface area contributed by atoms with E-state index in [1.807, 2.05) is 6.92 Å². The van der Waals surface area contributed by atoms with Crippen molar-refractivity contribution in [2.75, 3.05) is 13.2 Å². The molecule has 0 spiro atoms. The second-order valence-electron chi connectivity index (χ2n) is 3.99.